The number of benzene rings is 1. The Morgan fingerprint density at radius 3 is 2.81 bits per heavy atom. The number of thiazole rings is 1. The monoisotopic (exact) mass is 383 g/mol. The lowest BCUT2D eigenvalue weighted by atomic mass is 9.75. The summed E-state index contributed by atoms with van der Waals surface area (Å²) in [5.41, 5.74) is 2.64. The Bertz CT molecular complexity index is 861. The van der Waals surface area contributed by atoms with Gasteiger partial charge in [-0.15, -0.1) is 11.3 Å². The molecule has 0 radical (unpaired) electrons. The van der Waals surface area contributed by atoms with Crippen LogP contribution in [0.5, 0.6) is 11.5 Å². The summed E-state index contributed by atoms with van der Waals surface area (Å²) < 4.78 is 11.2. The first-order valence-electron chi connectivity index (χ1n) is 10.0. The van der Waals surface area contributed by atoms with Crippen LogP contribution in [-0.4, -0.2) is 53.3 Å². The molecular weight excluding hydrogens is 358 g/mol. The zero-order valence-electron chi connectivity index (χ0n) is 15.6. The third-order valence-corrected chi connectivity index (χ3v) is 7.77. The van der Waals surface area contributed by atoms with Crippen molar-refractivity contribution in [3.8, 4) is 11.5 Å². The Morgan fingerprint density at radius 2 is 2.00 bits per heavy atom. The van der Waals surface area contributed by atoms with E-state index in [1.807, 2.05) is 0 Å². The molecule has 6 heteroatoms. The average molecular weight is 384 g/mol. The van der Waals surface area contributed by atoms with Crippen LogP contribution in [0.2, 0.25) is 0 Å². The lowest BCUT2D eigenvalue weighted by molar-refractivity contribution is -0.00895. The maximum absolute atomic E-state index is 5.66. The van der Waals surface area contributed by atoms with Crippen molar-refractivity contribution < 1.29 is 9.47 Å². The Kier molecular flexibility index (Phi) is 3.75. The van der Waals surface area contributed by atoms with E-state index in [0.29, 0.717) is 24.8 Å². The van der Waals surface area contributed by atoms with Gasteiger partial charge in [0.15, 0.2) is 11.5 Å². The van der Waals surface area contributed by atoms with Gasteiger partial charge < -0.3 is 9.47 Å². The molecule has 5 nitrogen and oxygen atoms in total. The third kappa shape index (κ3) is 2.61. The molecule has 1 aromatic heterocycles. The van der Waals surface area contributed by atoms with E-state index < -0.39 is 0 Å². The fourth-order valence-corrected chi connectivity index (χ4v) is 6.45. The number of aryl methyl sites for hydroxylation is 1. The van der Waals surface area contributed by atoms with Gasteiger partial charge in [-0.3, -0.25) is 9.80 Å². The van der Waals surface area contributed by atoms with Gasteiger partial charge >= 0.3 is 0 Å². The molecule has 2 bridgehead atoms. The van der Waals surface area contributed by atoms with Gasteiger partial charge in [0.25, 0.3) is 0 Å². The first kappa shape index (κ1) is 16.3. The second kappa shape index (κ2) is 6.19. The molecule has 5 aliphatic rings. The summed E-state index contributed by atoms with van der Waals surface area (Å²) in [4.78, 5) is 10.2. The van der Waals surface area contributed by atoms with E-state index in [9.17, 15) is 0 Å². The van der Waals surface area contributed by atoms with Gasteiger partial charge in [-0.25, -0.2) is 4.98 Å². The van der Waals surface area contributed by atoms with Crippen LogP contribution in [0.1, 0.15) is 35.0 Å². The minimum atomic E-state index is 0.346. The molecule has 0 amide bonds. The first-order chi connectivity index (χ1) is 13.3. The summed E-state index contributed by atoms with van der Waals surface area (Å²) in [5.74, 6) is 3.16. The lowest BCUT2D eigenvalue weighted by Crippen LogP contribution is -2.59. The number of hydrogen-bond acceptors (Lipinski definition) is 6. The summed E-state index contributed by atoms with van der Waals surface area (Å²) >= 11 is 1.76. The third-order valence-electron chi connectivity index (χ3n) is 6.95. The highest BCUT2D eigenvalue weighted by Crippen LogP contribution is 2.48. The summed E-state index contributed by atoms with van der Waals surface area (Å²) in [6.45, 7) is 7.06. The molecule has 27 heavy (non-hydrogen) atoms. The van der Waals surface area contributed by atoms with Crippen LogP contribution in [0.4, 0.5) is 0 Å². The second-order valence-corrected chi connectivity index (χ2v) is 9.42. The van der Waals surface area contributed by atoms with Gasteiger partial charge in [-0.05, 0) is 56.5 Å². The van der Waals surface area contributed by atoms with E-state index in [4.69, 9.17) is 14.5 Å². The number of likely N-dealkylation sites (tertiary alicyclic amines) is 1. The van der Waals surface area contributed by atoms with Gasteiger partial charge in [0.2, 0.25) is 6.79 Å². The van der Waals surface area contributed by atoms with Gasteiger partial charge in [0.05, 0.1) is 10.7 Å². The zero-order valence-corrected chi connectivity index (χ0v) is 16.5. The van der Waals surface area contributed by atoms with Crippen molar-refractivity contribution in [3.05, 3.63) is 39.8 Å². The fraction of sp³-hybridized carbons (Fsp3) is 0.571. The summed E-state index contributed by atoms with van der Waals surface area (Å²) in [7, 11) is 0. The molecule has 142 valence electrons. The second-order valence-electron chi connectivity index (χ2n) is 8.36. The lowest BCUT2D eigenvalue weighted by Gasteiger charge is -2.51. The van der Waals surface area contributed by atoms with Crippen molar-refractivity contribution >= 4 is 11.3 Å². The molecule has 1 aromatic carbocycles. The van der Waals surface area contributed by atoms with Crippen molar-refractivity contribution in [2.45, 2.75) is 44.3 Å². The molecule has 6 heterocycles. The molecule has 7 rings (SSSR count). The summed E-state index contributed by atoms with van der Waals surface area (Å²) in [6, 6.07) is 7.86. The minimum Gasteiger partial charge on any atom is -0.454 e. The standard InChI is InChI=1S/C21H25N3O2S/c1-13-22-16(11-27-13)9-24-10-17(15-2-3-18-19(8-15)26-12-25-18)21-20(24)14-4-6-23(21)7-5-14/h2-3,8,11,14,17,20-21H,4-7,9-10,12H2,1H3/t17-,20+,21+/m1/s1. The van der Waals surface area contributed by atoms with Crippen molar-refractivity contribution in [1.82, 2.24) is 14.8 Å². The van der Waals surface area contributed by atoms with Crippen LogP contribution in [0.15, 0.2) is 23.6 Å². The quantitative estimate of drug-likeness (QED) is 0.813. The van der Waals surface area contributed by atoms with Crippen LogP contribution in [0, 0.1) is 12.8 Å². The van der Waals surface area contributed by atoms with Gasteiger partial charge in [-0.1, -0.05) is 6.07 Å². The molecule has 4 saturated heterocycles. The summed E-state index contributed by atoms with van der Waals surface area (Å²) in [6.07, 6.45) is 2.70. The highest BCUT2D eigenvalue weighted by molar-refractivity contribution is 7.09. The van der Waals surface area contributed by atoms with Gasteiger partial charge in [-0.2, -0.15) is 0 Å². The number of rotatable bonds is 3. The Balaban J connectivity index is 1.34. The molecule has 5 aliphatic heterocycles. The van der Waals surface area contributed by atoms with E-state index in [-0.39, 0.29) is 0 Å². The molecular formula is C21H25N3O2S. The van der Waals surface area contributed by atoms with Crippen LogP contribution in [0.25, 0.3) is 0 Å². The number of piperidine rings is 3. The number of hydrogen-bond donors (Lipinski definition) is 0. The van der Waals surface area contributed by atoms with Crippen LogP contribution in [-0.2, 0) is 6.54 Å². The van der Waals surface area contributed by atoms with Crippen molar-refractivity contribution in [2.24, 2.45) is 5.92 Å². The molecule has 0 spiro atoms. The molecule has 0 aliphatic carbocycles. The largest absolute Gasteiger partial charge is 0.454 e. The van der Waals surface area contributed by atoms with Crippen LogP contribution < -0.4 is 9.47 Å². The maximum atomic E-state index is 5.66. The van der Waals surface area contributed by atoms with Gasteiger partial charge in [0.1, 0.15) is 0 Å². The topological polar surface area (TPSA) is 37.8 Å². The predicted molar refractivity (Wildman–Crippen MR) is 104 cm³/mol. The smallest absolute Gasteiger partial charge is 0.231 e. The summed E-state index contributed by atoms with van der Waals surface area (Å²) in [5, 5.41) is 3.40. The van der Waals surface area contributed by atoms with E-state index in [1.54, 1.807) is 11.3 Å². The Morgan fingerprint density at radius 1 is 1.15 bits per heavy atom. The first-order valence-corrected chi connectivity index (χ1v) is 10.9. The molecule has 0 saturated carbocycles. The zero-order chi connectivity index (χ0) is 18.0. The highest BCUT2D eigenvalue weighted by Gasteiger charge is 2.53. The molecule has 4 fully saturated rings. The number of fused-ring (bicyclic) bond motifs is 3. The van der Waals surface area contributed by atoms with Gasteiger partial charge in [0, 0.05) is 36.5 Å². The number of aromatic nitrogens is 1. The number of ether oxygens (including phenoxy) is 2. The van der Waals surface area contributed by atoms with E-state index in [2.05, 4.69) is 40.3 Å². The van der Waals surface area contributed by atoms with Crippen molar-refractivity contribution in [3.63, 3.8) is 0 Å². The van der Waals surface area contributed by atoms with Crippen molar-refractivity contribution in [1.29, 1.82) is 0 Å². The van der Waals surface area contributed by atoms with Crippen LogP contribution >= 0.6 is 11.3 Å². The van der Waals surface area contributed by atoms with Crippen molar-refractivity contribution in [2.75, 3.05) is 26.4 Å². The Labute approximate surface area is 163 Å². The number of nitrogens with zero attached hydrogens (tertiary/aromatic N) is 3. The van der Waals surface area contributed by atoms with E-state index in [0.717, 1.165) is 30.5 Å². The molecule has 0 unspecified atom stereocenters. The predicted octanol–water partition coefficient (Wildman–Crippen LogP) is 3.24. The molecule has 3 atom stereocenters. The maximum Gasteiger partial charge on any atom is 0.231 e. The van der Waals surface area contributed by atoms with Crippen LogP contribution in [0.3, 0.4) is 0 Å². The Hall–Kier alpha value is -1.63. The van der Waals surface area contributed by atoms with E-state index >= 15 is 0 Å². The normalized spacial score (nSPS) is 34.2. The van der Waals surface area contributed by atoms with E-state index in [1.165, 1.54) is 42.2 Å². The molecule has 0 N–H and O–H groups in total. The average Bonchev–Trinajstić information content (AvgIpc) is 3.42. The minimum absolute atomic E-state index is 0.346. The highest BCUT2D eigenvalue weighted by atomic mass is 32.1. The fourth-order valence-electron chi connectivity index (χ4n) is 5.85. The molecule has 2 aromatic rings. The SMILES string of the molecule is Cc1nc(CN2C[C@H](c3ccc4c(c3)OCO4)[C@H]3[C@@H]2C2CCN3CC2)cs1.